The molecule has 2 heterocycles. The summed E-state index contributed by atoms with van der Waals surface area (Å²) in [6.07, 6.45) is 1.69. The van der Waals surface area contributed by atoms with E-state index in [0.29, 0.717) is 23.4 Å². The Bertz CT molecular complexity index is 794. The molecule has 0 saturated heterocycles. The van der Waals surface area contributed by atoms with E-state index in [1.54, 1.807) is 45.0 Å². The van der Waals surface area contributed by atoms with Crippen molar-refractivity contribution in [1.82, 2.24) is 10.4 Å². The molecule has 1 aromatic carbocycles. The molecule has 0 aromatic heterocycles. The smallest absolute Gasteiger partial charge is 0.260 e. The predicted octanol–water partition coefficient (Wildman–Crippen LogP) is 1.79. The summed E-state index contributed by atoms with van der Waals surface area (Å²) < 4.78 is 12.1. The summed E-state index contributed by atoms with van der Waals surface area (Å²) in [6, 6.07) is 7.15. The van der Waals surface area contributed by atoms with Crippen molar-refractivity contribution >= 4 is 5.91 Å². The van der Waals surface area contributed by atoms with Gasteiger partial charge in [-0.2, -0.15) is 10.7 Å². The molecule has 7 nitrogen and oxygen atoms in total. The maximum Gasteiger partial charge on any atom is 0.260 e. The SMILES string of the molecule is CCN1NC(OC2c3cc(C#N)ccc3OC(C)(C)C2(C)O)C=CC1=O. The third-order valence-electron chi connectivity index (χ3n) is 5.08. The fourth-order valence-electron chi connectivity index (χ4n) is 3.11. The van der Waals surface area contributed by atoms with Gasteiger partial charge in [0.25, 0.3) is 5.91 Å². The Morgan fingerprint density at radius 1 is 1.42 bits per heavy atom. The number of nitrogens with one attached hydrogen (secondary N) is 1. The van der Waals surface area contributed by atoms with E-state index in [9.17, 15) is 15.2 Å². The van der Waals surface area contributed by atoms with Crippen LogP contribution in [0.3, 0.4) is 0 Å². The van der Waals surface area contributed by atoms with Crippen LogP contribution in [0.4, 0.5) is 0 Å². The molecule has 7 heteroatoms. The van der Waals surface area contributed by atoms with Gasteiger partial charge in [0, 0.05) is 18.2 Å². The van der Waals surface area contributed by atoms with Crippen LogP contribution < -0.4 is 10.2 Å². The summed E-state index contributed by atoms with van der Waals surface area (Å²) in [4.78, 5) is 11.8. The van der Waals surface area contributed by atoms with Gasteiger partial charge in [-0.1, -0.05) is 0 Å². The minimum Gasteiger partial charge on any atom is -0.484 e. The van der Waals surface area contributed by atoms with Gasteiger partial charge in [-0.15, -0.1) is 0 Å². The van der Waals surface area contributed by atoms with Crippen molar-refractivity contribution in [3.05, 3.63) is 41.5 Å². The average molecular weight is 357 g/mol. The lowest BCUT2D eigenvalue weighted by molar-refractivity contribution is -0.215. The molecule has 0 radical (unpaired) electrons. The van der Waals surface area contributed by atoms with Crippen molar-refractivity contribution in [2.24, 2.45) is 0 Å². The zero-order valence-corrected chi connectivity index (χ0v) is 15.3. The molecule has 3 rings (SSSR count). The number of benzene rings is 1. The van der Waals surface area contributed by atoms with Crippen LogP contribution >= 0.6 is 0 Å². The Balaban J connectivity index is 2.00. The van der Waals surface area contributed by atoms with E-state index in [1.807, 2.05) is 6.92 Å². The predicted molar refractivity (Wildman–Crippen MR) is 93.8 cm³/mol. The second-order valence-corrected chi connectivity index (χ2v) is 7.13. The molecule has 0 saturated carbocycles. The second kappa shape index (κ2) is 6.40. The standard InChI is InChI=1S/C19H23N3O4/c1-5-22-16(23)9-8-15(21-22)25-17-13-10-12(11-20)6-7-14(13)26-18(2,3)19(17,4)24/h6-10,15,17,21,24H,5H2,1-4H3. The molecule has 2 aliphatic heterocycles. The second-order valence-electron chi connectivity index (χ2n) is 7.13. The maximum atomic E-state index is 11.8. The number of hydrazine groups is 1. The molecule has 0 fully saturated rings. The first-order chi connectivity index (χ1) is 12.2. The Morgan fingerprint density at radius 3 is 2.81 bits per heavy atom. The molecular weight excluding hydrogens is 334 g/mol. The van der Waals surface area contributed by atoms with Crippen LogP contribution in [0.25, 0.3) is 0 Å². The number of hydrogen-bond donors (Lipinski definition) is 2. The van der Waals surface area contributed by atoms with Crippen molar-refractivity contribution in [3.63, 3.8) is 0 Å². The number of carbonyl (C=O) groups excluding carboxylic acids is 1. The molecule has 1 aromatic rings. The van der Waals surface area contributed by atoms with Gasteiger partial charge in [0.15, 0.2) is 0 Å². The highest BCUT2D eigenvalue weighted by molar-refractivity contribution is 5.88. The van der Waals surface area contributed by atoms with Gasteiger partial charge in [-0.25, -0.2) is 0 Å². The molecule has 26 heavy (non-hydrogen) atoms. The normalized spacial score (nSPS) is 29.7. The van der Waals surface area contributed by atoms with Crippen LogP contribution in [0.5, 0.6) is 5.75 Å². The number of carbonyl (C=O) groups is 1. The van der Waals surface area contributed by atoms with Crippen LogP contribution in [-0.2, 0) is 9.53 Å². The van der Waals surface area contributed by atoms with E-state index in [4.69, 9.17) is 9.47 Å². The molecule has 3 unspecified atom stereocenters. The highest BCUT2D eigenvalue weighted by atomic mass is 16.6. The van der Waals surface area contributed by atoms with Gasteiger partial charge in [0.1, 0.15) is 29.3 Å². The summed E-state index contributed by atoms with van der Waals surface area (Å²) in [7, 11) is 0. The molecular formula is C19H23N3O4. The van der Waals surface area contributed by atoms with Crippen molar-refractivity contribution in [2.75, 3.05) is 6.54 Å². The third-order valence-corrected chi connectivity index (χ3v) is 5.08. The highest BCUT2D eigenvalue weighted by Crippen LogP contribution is 2.48. The highest BCUT2D eigenvalue weighted by Gasteiger charge is 2.54. The monoisotopic (exact) mass is 357 g/mol. The van der Waals surface area contributed by atoms with Gasteiger partial charge in [-0.3, -0.25) is 9.80 Å². The third kappa shape index (κ3) is 2.97. The fourth-order valence-corrected chi connectivity index (χ4v) is 3.11. The summed E-state index contributed by atoms with van der Waals surface area (Å²) in [6.45, 7) is 7.55. The number of nitriles is 1. The molecule has 138 valence electrons. The topological polar surface area (TPSA) is 94.8 Å². The quantitative estimate of drug-likeness (QED) is 0.856. The summed E-state index contributed by atoms with van der Waals surface area (Å²) in [5.74, 6) is 0.410. The summed E-state index contributed by atoms with van der Waals surface area (Å²) in [5.41, 5.74) is 1.74. The first-order valence-corrected chi connectivity index (χ1v) is 8.56. The lowest BCUT2D eigenvalue weighted by Crippen LogP contribution is -2.60. The van der Waals surface area contributed by atoms with E-state index in [1.165, 1.54) is 11.1 Å². The van der Waals surface area contributed by atoms with E-state index in [-0.39, 0.29) is 5.91 Å². The number of nitrogens with zero attached hydrogens (tertiary/aromatic N) is 2. The van der Waals surface area contributed by atoms with E-state index < -0.39 is 23.5 Å². The van der Waals surface area contributed by atoms with Crippen LogP contribution in [0.1, 0.15) is 44.9 Å². The Kier molecular flexibility index (Phi) is 4.53. The molecule has 0 bridgehead atoms. The summed E-state index contributed by atoms with van der Waals surface area (Å²) >= 11 is 0. The van der Waals surface area contributed by atoms with E-state index >= 15 is 0 Å². The fraction of sp³-hybridized carbons (Fsp3) is 0.474. The van der Waals surface area contributed by atoms with Crippen molar-refractivity contribution < 1.29 is 19.4 Å². The molecule has 0 aliphatic carbocycles. The van der Waals surface area contributed by atoms with Crippen LogP contribution in [0.15, 0.2) is 30.4 Å². The molecule has 2 aliphatic rings. The largest absolute Gasteiger partial charge is 0.484 e. The zero-order chi connectivity index (χ0) is 19.1. The lowest BCUT2D eigenvalue weighted by atomic mass is 9.77. The molecule has 1 amide bonds. The van der Waals surface area contributed by atoms with Crippen molar-refractivity contribution in [1.29, 1.82) is 5.26 Å². The first kappa shape index (κ1) is 18.4. The Morgan fingerprint density at radius 2 is 2.15 bits per heavy atom. The van der Waals surface area contributed by atoms with Gasteiger partial charge in [0.05, 0.1) is 11.6 Å². The van der Waals surface area contributed by atoms with Crippen LogP contribution in [-0.4, -0.2) is 40.0 Å². The van der Waals surface area contributed by atoms with Gasteiger partial charge in [0.2, 0.25) is 0 Å². The van der Waals surface area contributed by atoms with Crippen molar-refractivity contribution in [3.8, 4) is 11.8 Å². The minimum atomic E-state index is -1.37. The first-order valence-electron chi connectivity index (χ1n) is 8.56. The number of aliphatic hydroxyl groups is 1. The van der Waals surface area contributed by atoms with Gasteiger partial charge >= 0.3 is 0 Å². The Labute approximate surface area is 152 Å². The van der Waals surface area contributed by atoms with Gasteiger partial charge in [-0.05, 0) is 52.0 Å². The van der Waals surface area contributed by atoms with Crippen LogP contribution in [0, 0.1) is 11.3 Å². The molecule has 3 atom stereocenters. The number of hydrogen-bond acceptors (Lipinski definition) is 6. The number of likely N-dealkylation sites (N-methyl/N-ethyl adjacent to an activating group) is 1. The van der Waals surface area contributed by atoms with Crippen molar-refractivity contribution in [2.45, 2.75) is 51.2 Å². The molecule has 2 N–H and O–H groups in total. The van der Waals surface area contributed by atoms with Gasteiger partial charge < -0.3 is 14.6 Å². The van der Waals surface area contributed by atoms with E-state index in [2.05, 4.69) is 11.5 Å². The average Bonchev–Trinajstić information content (AvgIpc) is 2.60. The van der Waals surface area contributed by atoms with Crippen LogP contribution in [0.2, 0.25) is 0 Å². The lowest BCUT2D eigenvalue weighted by Gasteiger charge is -2.50. The number of rotatable bonds is 3. The number of fused-ring (bicyclic) bond motifs is 1. The summed E-state index contributed by atoms with van der Waals surface area (Å²) in [5, 5.41) is 21.9. The zero-order valence-electron chi connectivity index (χ0n) is 15.3. The van der Waals surface area contributed by atoms with E-state index in [0.717, 1.165) is 0 Å². The molecule has 0 spiro atoms. The maximum absolute atomic E-state index is 11.8. The minimum absolute atomic E-state index is 0.154. The number of ether oxygens (including phenoxy) is 2. The number of amides is 1. The Hall–Kier alpha value is -2.40.